The van der Waals surface area contributed by atoms with Crippen molar-refractivity contribution in [3.05, 3.63) is 48.9 Å². The SMILES string of the molecule is COc1ccc2c(c1)c(-c1noc(-c3cn(C)c4ncccc34)n1)cn2C. The van der Waals surface area contributed by atoms with Crippen molar-refractivity contribution in [3.63, 3.8) is 0 Å². The number of ether oxygens (including phenoxy) is 1. The van der Waals surface area contributed by atoms with E-state index >= 15 is 0 Å². The summed E-state index contributed by atoms with van der Waals surface area (Å²) < 4.78 is 15.0. The largest absolute Gasteiger partial charge is 0.497 e. The van der Waals surface area contributed by atoms with Gasteiger partial charge in [-0.2, -0.15) is 4.98 Å². The van der Waals surface area contributed by atoms with Crippen LogP contribution in [0.25, 0.3) is 44.8 Å². The van der Waals surface area contributed by atoms with Crippen molar-refractivity contribution in [1.29, 1.82) is 0 Å². The lowest BCUT2D eigenvalue weighted by Gasteiger charge is -2.00. The van der Waals surface area contributed by atoms with E-state index in [0.717, 1.165) is 38.8 Å². The number of nitrogens with zero attached hydrogens (tertiary/aromatic N) is 5. The first-order chi connectivity index (χ1) is 13.2. The van der Waals surface area contributed by atoms with Gasteiger partial charge in [-0.15, -0.1) is 0 Å². The molecule has 5 aromatic rings. The average Bonchev–Trinajstić information content (AvgIpc) is 3.38. The second-order valence-corrected chi connectivity index (χ2v) is 6.49. The molecule has 4 aromatic heterocycles. The molecule has 0 aliphatic heterocycles. The highest BCUT2D eigenvalue weighted by molar-refractivity contribution is 5.96. The second kappa shape index (κ2) is 5.70. The Morgan fingerprint density at radius 1 is 1.00 bits per heavy atom. The van der Waals surface area contributed by atoms with Gasteiger partial charge in [-0.25, -0.2) is 4.98 Å². The lowest BCUT2D eigenvalue weighted by Crippen LogP contribution is -1.85. The van der Waals surface area contributed by atoms with Crippen LogP contribution in [0.5, 0.6) is 5.75 Å². The number of fused-ring (bicyclic) bond motifs is 2. The van der Waals surface area contributed by atoms with Crippen LogP contribution in [0.2, 0.25) is 0 Å². The van der Waals surface area contributed by atoms with Crippen molar-refractivity contribution in [2.75, 3.05) is 7.11 Å². The van der Waals surface area contributed by atoms with Gasteiger partial charge in [0, 0.05) is 54.5 Å². The molecule has 0 aliphatic carbocycles. The molecule has 0 radical (unpaired) electrons. The molecule has 0 aliphatic rings. The van der Waals surface area contributed by atoms with Crippen LogP contribution in [0.1, 0.15) is 0 Å². The van der Waals surface area contributed by atoms with Gasteiger partial charge in [-0.1, -0.05) is 5.16 Å². The van der Waals surface area contributed by atoms with Gasteiger partial charge in [0.15, 0.2) is 0 Å². The van der Waals surface area contributed by atoms with E-state index in [2.05, 4.69) is 15.1 Å². The summed E-state index contributed by atoms with van der Waals surface area (Å²) in [5, 5.41) is 6.23. The molecule has 27 heavy (non-hydrogen) atoms. The summed E-state index contributed by atoms with van der Waals surface area (Å²) in [5.74, 6) is 1.81. The first kappa shape index (κ1) is 15.6. The van der Waals surface area contributed by atoms with Gasteiger partial charge in [0.2, 0.25) is 5.82 Å². The quantitative estimate of drug-likeness (QED) is 0.490. The predicted octanol–water partition coefficient (Wildman–Crippen LogP) is 3.79. The Bertz CT molecular complexity index is 1290. The summed E-state index contributed by atoms with van der Waals surface area (Å²) >= 11 is 0. The van der Waals surface area contributed by atoms with Crippen LogP contribution in [0.4, 0.5) is 0 Å². The van der Waals surface area contributed by atoms with Crippen LogP contribution in [0.3, 0.4) is 0 Å². The zero-order chi connectivity index (χ0) is 18.5. The number of pyridine rings is 1. The van der Waals surface area contributed by atoms with Crippen LogP contribution in [0.15, 0.2) is 53.4 Å². The van der Waals surface area contributed by atoms with Crippen LogP contribution >= 0.6 is 0 Å². The predicted molar refractivity (Wildman–Crippen MR) is 102 cm³/mol. The molecule has 7 nitrogen and oxygen atoms in total. The van der Waals surface area contributed by atoms with Gasteiger partial charge < -0.3 is 18.4 Å². The molecular weight excluding hydrogens is 342 g/mol. The highest BCUT2D eigenvalue weighted by Crippen LogP contribution is 2.34. The number of benzene rings is 1. The van der Waals surface area contributed by atoms with Crippen LogP contribution < -0.4 is 4.74 Å². The van der Waals surface area contributed by atoms with Gasteiger partial charge in [0.1, 0.15) is 11.4 Å². The molecule has 0 fully saturated rings. The van der Waals surface area contributed by atoms with Gasteiger partial charge in [-0.3, -0.25) is 0 Å². The molecule has 1 aromatic carbocycles. The molecule has 4 heterocycles. The Labute approximate surface area is 154 Å². The van der Waals surface area contributed by atoms with Gasteiger partial charge in [-0.05, 0) is 30.3 Å². The molecule has 0 unspecified atom stereocenters. The molecule has 0 N–H and O–H groups in total. The van der Waals surface area contributed by atoms with Crippen LogP contribution in [-0.2, 0) is 14.1 Å². The van der Waals surface area contributed by atoms with E-state index in [1.807, 2.05) is 66.0 Å². The van der Waals surface area contributed by atoms with Crippen LogP contribution in [0, 0.1) is 0 Å². The van der Waals surface area contributed by atoms with Crippen molar-refractivity contribution in [2.24, 2.45) is 14.1 Å². The maximum atomic E-state index is 5.60. The molecule has 5 rings (SSSR count). The van der Waals surface area contributed by atoms with E-state index in [0.29, 0.717) is 11.7 Å². The van der Waals surface area contributed by atoms with Gasteiger partial charge >= 0.3 is 0 Å². The summed E-state index contributed by atoms with van der Waals surface area (Å²) in [5.41, 5.74) is 3.73. The number of hydrogen-bond donors (Lipinski definition) is 0. The standard InChI is InChI=1S/C20H17N5O2/c1-24-10-15(14-9-12(26-3)6-7-17(14)24)18-22-20(27-23-18)16-11-25(2)19-13(16)5-4-8-21-19/h4-11H,1-3H3. The van der Waals surface area contributed by atoms with Crippen molar-refractivity contribution in [3.8, 4) is 28.6 Å². The second-order valence-electron chi connectivity index (χ2n) is 6.49. The van der Waals surface area contributed by atoms with E-state index in [9.17, 15) is 0 Å². The number of rotatable bonds is 3. The molecule has 0 amide bonds. The number of methoxy groups -OCH3 is 1. The Hall–Kier alpha value is -3.61. The lowest BCUT2D eigenvalue weighted by atomic mass is 10.1. The van der Waals surface area contributed by atoms with Crippen molar-refractivity contribution in [1.82, 2.24) is 24.3 Å². The third kappa shape index (κ3) is 2.32. The topological polar surface area (TPSA) is 70.9 Å². The third-order valence-corrected chi connectivity index (χ3v) is 4.83. The summed E-state index contributed by atoms with van der Waals surface area (Å²) in [6.07, 6.45) is 5.74. The minimum atomic E-state index is 0.475. The Morgan fingerprint density at radius 3 is 2.70 bits per heavy atom. The number of aryl methyl sites for hydroxylation is 2. The Morgan fingerprint density at radius 2 is 1.85 bits per heavy atom. The molecule has 0 saturated carbocycles. The summed E-state index contributed by atoms with van der Waals surface area (Å²) in [4.78, 5) is 9.07. The Balaban J connectivity index is 1.67. The van der Waals surface area contributed by atoms with E-state index in [1.165, 1.54) is 0 Å². The number of aromatic nitrogens is 5. The number of hydrogen-bond acceptors (Lipinski definition) is 5. The first-order valence-corrected chi connectivity index (χ1v) is 8.53. The van der Waals surface area contributed by atoms with E-state index < -0.39 is 0 Å². The van der Waals surface area contributed by atoms with E-state index in [-0.39, 0.29) is 0 Å². The highest BCUT2D eigenvalue weighted by atomic mass is 16.5. The Kier molecular flexibility index (Phi) is 3.30. The molecule has 134 valence electrons. The van der Waals surface area contributed by atoms with Crippen molar-refractivity contribution < 1.29 is 9.26 Å². The van der Waals surface area contributed by atoms with Crippen molar-refractivity contribution in [2.45, 2.75) is 0 Å². The van der Waals surface area contributed by atoms with E-state index in [1.54, 1.807) is 13.3 Å². The summed E-state index contributed by atoms with van der Waals surface area (Å²) in [6, 6.07) is 9.86. The molecule has 0 bridgehead atoms. The van der Waals surface area contributed by atoms with Gasteiger partial charge in [0.05, 0.1) is 12.7 Å². The normalized spacial score (nSPS) is 11.5. The monoisotopic (exact) mass is 359 g/mol. The third-order valence-electron chi connectivity index (χ3n) is 4.83. The summed E-state index contributed by atoms with van der Waals surface area (Å²) in [7, 11) is 5.60. The molecular formula is C20H17N5O2. The summed E-state index contributed by atoms with van der Waals surface area (Å²) in [6.45, 7) is 0. The molecule has 0 saturated heterocycles. The minimum absolute atomic E-state index is 0.475. The fourth-order valence-electron chi connectivity index (χ4n) is 3.50. The maximum Gasteiger partial charge on any atom is 0.260 e. The van der Waals surface area contributed by atoms with Gasteiger partial charge in [0.25, 0.3) is 5.89 Å². The fraction of sp³-hybridized carbons (Fsp3) is 0.150. The zero-order valence-electron chi connectivity index (χ0n) is 15.2. The first-order valence-electron chi connectivity index (χ1n) is 8.53. The average molecular weight is 359 g/mol. The molecule has 7 heteroatoms. The van der Waals surface area contributed by atoms with Crippen molar-refractivity contribution >= 4 is 21.9 Å². The lowest BCUT2D eigenvalue weighted by molar-refractivity contribution is 0.415. The molecule has 0 spiro atoms. The highest BCUT2D eigenvalue weighted by Gasteiger charge is 2.19. The molecule has 0 atom stereocenters. The fourth-order valence-corrected chi connectivity index (χ4v) is 3.50. The van der Waals surface area contributed by atoms with Crippen LogP contribution in [-0.4, -0.2) is 31.4 Å². The zero-order valence-corrected chi connectivity index (χ0v) is 15.2. The minimum Gasteiger partial charge on any atom is -0.497 e. The smallest absolute Gasteiger partial charge is 0.260 e. The van der Waals surface area contributed by atoms with E-state index in [4.69, 9.17) is 9.26 Å². The maximum absolute atomic E-state index is 5.60.